The van der Waals surface area contributed by atoms with Crippen molar-refractivity contribution >= 4 is 25.2 Å². The first-order chi connectivity index (χ1) is 11.1. The van der Waals surface area contributed by atoms with E-state index < -0.39 is 7.75 Å². The molecule has 1 aromatic carbocycles. The van der Waals surface area contributed by atoms with Crippen molar-refractivity contribution in [2.24, 2.45) is 0 Å². The van der Waals surface area contributed by atoms with Crippen LogP contribution in [0.1, 0.15) is 19.4 Å². The molecule has 0 aliphatic rings. The Morgan fingerprint density at radius 1 is 1.13 bits per heavy atom. The van der Waals surface area contributed by atoms with Crippen LogP contribution in [0.25, 0.3) is 0 Å². The van der Waals surface area contributed by atoms with Crippen LogP contribution in [0.4, 0.5) is 5.82 Å². The zero-order chi connectivity index (χ0) is 16.7. The van der Waals surface area contributed by atoms with E-state index in [1.165, 1.54) is 17.1 Å². The van der Waals surface area contributed by atoms with Crippen LogP contribution in [0.15, 0.2) is 42.9 Å². The first-order valence-corrected chi connectivity index (χ1v) is 9.14. The second-order valence-electron chi connectivity index (χ2n) is 4.55. The summed E-state index contributed by atoms with van der Waals surface area (Å²) in [6.45, 7) is 4.35. The minimum Gasteiger partial charge on any atom is -0.292 e. The predicted octanol–water partition coefficient (Wildman–Crippen LogP) is 4.32. The average molecular weight is 356 g/mol. The Morgan fingerprint density at radius 2 is 1.78 bits per heavy atom. The number of nitrogens with zero attached hydrogens (tertiary/aromatic N) is 3. The lowest BCUT2D eigenvalue weighted by Gasteiger charge is -2.30. The van der Waals surface area contributed by atoms with Crippen LogP contribution in [0.5, 0.6) is 0 Å². The molecule has 0 N–H and O–H groups in total. The van der Waals surface area contributed by atoms with Gasteiger partial charge in [0.15, 0.2) is 5.82 Å². The molecule has 1 heterocycles. The molecule has 1 aromatic heterocycles. The van der Waals surface area contributed by atoms with Crippen LogP contribution in [0.2, 0.25) is 5.02 Å². The molecule has 0 aliphatic carbocycles. The van der Waals surface area contributed by atoms with Crippen molar-refractivity contribution in [3.8, 4) is 0 Å². The monoisotopic (exact) mass is 355 g/mol. The van der Waals surface area contributed by atoms with Crippen molar-refractivity contribution in [1.82, 2.24) is 9.97 Å². The Kier molecular flexibility index (Phi) is 6.54. The van der Waals surface area contributed by atoms with Gasteiger partial charge in [-0.05, 0) is 31.5 Å². The summed E-state index contributed by atoms with van der Waals surface area (Å²) in [5.74, 6) is 0.424. The van der Waals surface area contributed by atoms with E-state index in [-0.39, 0.29) is 13.2 Å². The van der Waals surface area contributed by atoms with Crippen LogP contribution in [0.3, 0.4) is 0 Å². The third-order valence-electron chi connectivity index (χ3n) is 2.94. The molecular weight excluding hydrogens is 337 g/mol. The van der Waals surface area contributed by atoms with Crippen molar-refractivity contribution in [3.05, 3.63) is 53.4 Å². The number of rotatable bonds is 8. The van der Waals surface area contributed by atoms with Gasteiger partial charge in [0.25, 0.3) is 0 Å². The van der Waals surface area contributed by atoms with Gasteiger partial charge in [0, 0.05) is 17.4 Å². The van der Waals surface area contributed by atoms with E-state index in [9.17, 15) is 4.57 Å². The van der Waals surface area contributed by atoms with Gasteiger partial charge >= 0.3 is 7.75 Å². The maximum absolute atomic E-state index is 13.2. The Labute approximate surface area is 141 Å². The number of anilines is 1. The lowest BCUT2D eigenvalue weighted by molar-refractivity contribution is 0.217. The van der Waals surface area contributed by atoms with Crippen LogP contribution in [0, 0.1) is 0 Å². The highest BCUT2D eigenvalue weighted by atomic mass is 35.5. The Hall–Kier alpha value is -1.46. The standard InChI is InChI=1S/C15H19ClN3O3P/c1-3-21-23(20,22-4-2)19(15-11-17-9-10-18-15)12-13-5-7-14(16)8-6-13/h5-11H,3-4,12H2,1-2H3. The third kappa shape index (κ3) is 4.75. The van der Waals surface area contributed by atoms with Crippen LogP contribution in [-0.2, 0) is 20.2 Å². The van der Waals surface area contributed by atoms with Crippen molar-refractivity contribution in [2.75, 3.05) is 17.9 Å². The Bertz CT molecular complexity index is 645. The molecule has 0 spiro atoms. The summed E-state index contributed by atoms with van der Waals surface area (Å²) >= 11 is 5.91. The van der Waals surface area contributed by atoms with Crippen molar-refractivity contribution < 1.29 is 13.6 Å². The van der Waals surface area contributed by atoms with Crippen LogP contribution < -0.4 is 4.67 Å². The fraction of sp³-hybridized carbons (Fsp3) is 0.333. The van der Waals surface area contributed by atoms with E-state index in [2.05, 4.69) is 9.97 Å². The predicted molar refractivity (Wildman–Crippen MR) is 90.5 cm³/mol. The number of halogens is 1. The summed E-state index contributed by atoms with van der Waals surface area (Å²) in [5.41, 5.74) is 0.902. The fourth-order valence-corrected chi connectivity index (χ4v) is 3.81. The van der Waals surface area contributed by atoms with Gasteiger partial charge in [0.05, 0.1) is 26.0 Å². The average Bonchev–Trinajstić information content (AvgIpc) is 2.55. The molecule has 0 amide bonds. The molecular formula is C15H19ClN3O3P. The molecule has 0 saturated carbocycles. The first kappa shape index (κ1) is 17.9. The lowest BCUT2D eigenvalue weighted by atomic mass is 10.2. The number of hydrogen-bond acceptors (Lipinski definition) is 5. The fourth-order valence-electron chi connectivity index (χ4n) is 1.98. The molecule has 0 radical (unpaired) electrons. The molecule has 0 atom stereocenters. The second kappa shape index (κ2) is 8.41. The van der Waals surface area contributed by atoms with Crippen LogP contribution >= 0.6 is 19.3 Å². The van der Waals surface area contributed by atoms with E-state index in [4.69, 9.17) is 20.6 Å². The highest BCUT2D eigenvalue weighted by Crippen LogP contribution is 2.54. The van der Waals surface area contributed by atoms with E-state index in [0.29, 0.717) is 17.4 Å². The molecule has 0 fully saturated rings. The molecule has 2 rings (SSSR count). The van der Waals surface area contributed by atoms with E-state index in [1.54, 1.807) is 32.2 Å². The van der Waals surface area contributed by atoms with E-state index >= 15 is 0 Å². The largest absolute Gasteiger partial charge is 0.436 e. The third-order valence-corrected chi connectivity index (χ3v) is 5.30. The van der Waals surface area contributed by atoms with Gasteiger partial charge in [-0.2, -0.15) is 0 Å². The molecule has 2 aromatic rings. The van der Waals surface area contributed by atoms with Crippen LogP contribution in [-0.4, -0.2) is 23.2 Å². The zero-order valence-electron chi connectivity index (χ0n) is 13.1. The highest BCUT2D eigenvalue weighted by molar-refractivity contribution is 7.55. The summed E-state index contributed by atoms with van der Waals surface area (Å²) in [6.07, 6.45) is 4.61. The number of aromatic nitrogens is 2. The summed E-state index contributed by atoms with van der Waals surface area (Å²) in [6, 6.07) is 7.26. The number of benzene rings is 1. The zero-order valence-corrected chi connectivity index (χ0v) is 14.7. The van der Waals surface area contributed by atoms with Gasteiger partial charge in [-0.25, -0.2) is 9.55 Å². The summed E-state index contributed by atoms with van der Waals surface area (Å²) in [5, 5.41) is 0.637. The quantitative estimate of drug-likeness (QED) is 0.657. The minimum atomic E-state index is -3.53. The van der Waals surface area contributed by atoms with Gasteiger partial charge < -0.3 is 0 Å². The van der Waals surface area contributed by atoms with Gasteiger partial charge in [0.2, 0.25) is 0 Å². The highest BCUT2D eigenvalue weighted by Gasteiger charge is 2.34. The molecule has 0 bridgehead atoms. The second-order valence-corrected chi connectivity index (χ2v) is 6.92. The Morgan fingerprint density at radius 3 is 2.30 bits per heavy atom. The lowest BCUT2D eigenvalue weighted by Crippen LogP contribution is -2.23. The maximum atomic E-state index is 13.2. The maximum Gasteiger partial charge on any atom is 0.436 e. The van der Waals surface area contributed by atoms with Crippen molar-refractivity contribution in [2.45, 2.75) is 20.4 Å². The van der Waals surface area contributed by atoms with Crippen molar-refractivity contribution in [1.29, 1.82) is 0 Å². The van der Waals surface area contributed by atoms with Gasteiger partial charge in [-0.15, -0.1) is 0 Å². The molecule has 0 aliphatic heterocycles. The van der Waals surface area contributed by atoms with Gasteiger partial charge in [0.1, 0.15) is 0 Å². The molecule has 0 unspecified atom stereocenters. The van der Waals surface area contributed by atoms with Gasteiger partial charge in [-0.3, -0.25) is 18.7 Å². The van der Waals surface area contributed by atoms with E-state index in [0.717, 1.165) is 5.56 Å². The van der Waals surface area contributed by atoms with Gasteiger partial charge in [-0.1, -0.05) is 23.7 Å². The molecule has 8 heteroatoms. The molecule has 23 heavy (non-hydrogen) atoms. The molecule has 6 nitrogen and oxygen atoms in total. The first-order valence-electron chi connectivity index (χ1n) is 7.26. The summed E-state index contributed by atoms with van der Waals surface area (Å²) < 4.78 is 25.6. The molecule has 0 saturated heterocycles. The minimum absolute atomic E-state index is 0.259. The smallest absolute Gasteiger partial charge is 0.292 e. The van der Waals surface area contributed by atoms with Crippen molar-refractivity contribution in [3.63, 3.8) is 0 Å². The summed E-state index contributed by atoms with van der Waals surface area (Å²) in [7, 11) is -3.53. The summed E-state index contributed by atoms with van der Waals surface area (Å²) in [4.78, 5) is 8.27. The molecule has 124 valence electrons. The SMILES string of the molecule is CCOP(=O)(OCC)N(Cc1ccc(Cl)cc1)c1cnccn1. The number of hydrogen-bond donors (Lipinski definition) is 0. The van der Waals surface area contributed by atoms with E-state index in [1.807, 2.05) is 12.1 Å². The Balaban J connectivity index is 2.38. The normalized spacial score (nSPS) is 11.4. The topological polar surface area (TPSA) is 64.6 Å².